The Balaban J connectivity index is 2.04. The molecule has 1 aliphatic rings. The average Bonchev–Trinajstić information content (AvgIpc) is 2.51. The molecule has 0 amide bonds. The summed E-state index contributed by atoms with van der Waals surface area (Å²) in [5, 5.41) is 10.6. The van der Waals surface area contributed by atoms with Crippen LogP contribution in [-0.2, 0) is 16.4 Å². The fraction of sp³-hybridized carbons (Fsp3) is 0.312. The van der Waals surface area contributed by atoms with Crippen LogP contribution >= 0.6 is 0 Å². The lowest BCUT2D eigenvalue weighted by molar-refractivity contribution is -0.138. The number of aromatic nitrogens is 2. The maximum Gasteiger partial charge on any atom is 0.416 e. The molecule has 2 aromatic heterocycles. The molecule has 0 bridgehead atoms. The van der Waals surface area contributed by atoms with Gasteiger partial charge in [-0.15, -0.1) is 0 Å². The Labute approximate surface area is 130 Å². The number of ketones is 1. The van der Waals surface area contributed by atoms with Crippen molar-refractivity contribution in [3.05, 3.63) is 59.7 Å². The molecule has 0 spiro atoms. The van der Waals surface area contributed by atoms with Gasteiger partial charge < -0.3 is 5.11 Å². The van der Waals surface area contributed by atoms with E-state index in [1.807, 2.05) is 0 Å². The molecule has 120 valence electrons. The smallest absolute Gasteiger partial charge is 0.386 e. The predicted octanol–water partition coefficient (Wildman–Crippen LogP) is 2.83. The number of rotatable bonds is 3. The van der Waals surface area contributed by atoms with Crippen LogP contribution in [0.1, 0.15) is 35.9 Å². The number of aliphatic hydroxyl groups is 1. The Morgan fingerprint density at radius 3 is 2.43 bits per heavy atom. The molecule has 1 atom stereocenters. The first-order chi connectivity index (χ1) is 10.8. The molecule has 23 heavy (non-hydrogen) atoms. The van der Waals surface area contributed by atoms with Crippen LogP contribution in [0.4, 0.5) is 13.2 Å². The summed E-state index contributed by atoms with van der Waals surface area (Å²) in [5.74, 6) is -0.126. The summed E-state index contributed by atoms with van der Waals surface area (Å²) in [4.78, 5) is 19.5. The van der Waals surface area contributed by atoms with Gasteiger partial charge in [0.05, 0.1) is 22.4 Å². The molecule has 0 aromatic carbocycles. The summed E-state index contributed by atoms with van der Waals surface area (Å²) < 4.78 is 38.7. The minimum absolute atomic E-state index is 0.0565. The van der Waals surface area contributed by atoms with Crippen molar-refractivity contribution in [1.29, 1.82) is 0 Å². The zero-order valence-electron chi connectivity index (χ0n) is 11.9. The largest absolute Gasteiger partial charge is 0.416 e. The minimum Gasteiger partial charge on any atom is -0.386 e. The normalized spacial score (nSPS) is 18.3. The number of halogens is 3. The summed E-state index contributed by atoms with van der Waals surface area (Å²) in [7, 11) is 0. The van der Waals surface area contributed by atoms with Crippen molar-refractivity contribution in [3.63, 3.8) is 0 Å². The monoisotopic (exact) mass is 322 g/mol. The van der Waals surface area contributed by atoms with Gasteiger partial charge in [0.25, 0.3) is 0 Å². The van der Waals surface area contributed by atoms with Gasteiger partial charge in [0, 0.05) is 25.2 Å². The van der Waals surface area contributed by atoms with Crippen LogP contribution in [0.15, 0.2) is 42.7 Å². The van der Waals surface area contributed by atoms with Gasteiger partial charge in [0.2, 0.25) is 0 Å². The van der Waals surface area contributed by atoms with Gasteiger partial charge in [-0.05, 0) is 24.3 Å². The van der Waals surface area contributed by atoms with Crippen molar-refractivity contribution in [3.8, 4) is 0 Å². The van der Waals surface area contributed by atoms with E-state index in [4.69, 9.17) is 0 Å². The lowest BCUT2D eigenvalue weighted by Gasteiger charge is -2.43. The van der Waals surface area contributed by atoms with E-state index in [0.29, 0.717) is 5.69 Å². The van der Waals surface area contributed by atoms with E-state index in [0.717, 1.165) is 18.3 Å². The zero-order chi connectivity index (χ0) is 16.7. The quantitative estimate of drug-likeness (QED) is 0.944. The van der Waals surface area contributed by atoms with Gasteiger partial charge in [-0.25, -0.2) is 0 Å². The number of hydrogen-bond donors (Lipinski definition) is 1. The molecule has 3 rings (SSSR count). The van der Waals surface area contributed by atoms with Crippen molar-refractivity contribution in [2.45, 2.75) is 30.5 Å². The van der Waals surface area contributed by atoms with E-state index in [9.17, 15) is 23.1 Å². The Morgan fingerprint density at radius 1 is 1.13 bits per heavy atom. The second kappa shape index (κ2) is 5.42. The van der Waals surface area contributed by atoms with Crippen LogP contribution in [0.3, 0.4) is 0 Å². The van der Waals surface area contributed by atoms with Gasteiger partial charge in [0.15, 0.2) is 0 Å². The van der Waals surface area contributed by atoms with E-state index >= 15 is 0 Å². The second-order valence-electron chi connectivity index (χ2n) is 5.63. The molecule has 2 heterocycles. The van der Waals surface area contributed by atoms with Gasteiger partial charge in [-0.2, -0.15) is 13.2 Å². The van der Waals surface area contributed by atoms with Crippen molar-refractivity contribution in [1.82, 2.24) is 9.97 Å². The van der Waals surface area contributed by atoms with Crippen LogP contribution in [0.25, 0.3) is 0 Å². The molecule has 0 radical (unpaired) electrons. The van der Waals surface area contributed by atoms with Crippen molar-refractivity contribution in [2.24, 2.45) is 0 Å². The van der Waals surface area contributed by atoms with Crippen LogP contribution in [0.5, 0.6) is 0 Å². The first kappa shape index (κ1) is 15.6. The minimum atomic E-state index is -4.51. The van der Waals surface area contributed by atoms with E-state index < -0.39 is 23.3 Å². The molecule has 2 aromatic rings. The molecule has 0 unspecified atom stereocenters. The first-order valence-electron chi connectivity index (χ1n) is 6.97. The Morgan fingerprint density at radius 2 is 1.87 bits per heavy atom. The van der Waals surface area contributed by atoms with Crippen molar-refractivity contribution < 1.29 is 23.1 Å². The molecule has 0 saturated heterocycles. The van der Waals surface area contributed by atoms with E-state index in [-0.39, 0.29) is 24.3 Å². The number of pyridine rings is 2. The molecule has 1 fully saturated rings. The third-order valence-electron chi connectivity index (χ3n) is 4.11. The maximum absolute atomic E-state index is 12.9. The number of alkyl halides is 3. The van der Waals surface area contributed by atoms with Crippen LogP contribution < -0.4 is 0 Å². The molecule has 1 N–H and O–H groups in total. The van der Waals surface area contributed by atoms with Crippen LogP contribution in [0.2, 0.25) is 0 Å². The molecule has 1 aliphatic carbocycles. The number of carbonyl (C=O) groups is 1. The predicted molar refractivity (Wildman–Crippen MR) is 74.4 cm³/mol. The fourth-order valence-corrected chi connectivity index (χ4v) is 2.87. The van der Waals surface area contributed by atoms with Gasteiger partial charge in [-0.1, -0.05) is 6.07 Å². The summed E-state index contributed by atoms with van der Waals surface area (Å²) >= 11 is 0. The highest BCUT2D eigenvalue weighted by Crippen LogP contribution is 2.49. The molecular weight excluding hydrogens is 309 g/mol. The number of Topliss-reactive ketones (excluding diaryl/α,β-unsaturated/α-hetero) is 1. The number of aliphatic hydroxyl groups excluding tert-OH is 1. The van der Waals surface area contributed by atoms with Gasteiger partial charge in [0.1, 0.15) is 11.9 Å². The molecule has 7 heteroatoms. The highest BCUT2D eigenvalue weighted by Gasteiger charge is 2.52. The summed E-state index contributed by atoms with van der Waals surface area (Å²) in [6, 6.07) is 6.67. The maximum atomic E-state index is 12.9. The second-order valence-corrected chi connectivity index (χ2v) is 5.63. The summed E-state index contributed by atoms with van der Waals surface area (Å²) in [6.07, 6.45) is -3.29. The zero-order valence-corrected chi connectivity index (χ0v) is 11.9. The van der Waals surface area contributed by atoms with Crippen molar-refractivity contribution >= 4 is 5.78 Å². The van der Waals surface area contributed by atoms with Crippen LogP contribution in [-0.4, -0.2) is 20.9 Å². The van der Waals surface area contributed by atoms with Crippen molar-refractivity contribution in [2.75, 3.05) is 0 Å². The molecule has 4 nitrogen and oxygen atoms in total. The van der Waals surface area contributed by atoms with Crippen LogP contribution in [0, 0.1) is 0 Å². The highest BCUT2D eigenvalue weighted by atomic mass is 19.4. The number of nitrogens with zero attached hydrogens (tertiary/aromatic N) is 2. The van der Waals surface area contributed by atoms with Gasteiger partial charge >= 0.3 is 6.18 Å². The topological polar surface area (TPSA) is 63.1 Å². The van der Waals surface area contributed by atoms with E-state index in [1.165, 1.54) is 6.20 Å². The third kappa shape index (κ3) is 2.72. The average molecular weight is 322 g/mol. The third-order valence-corrected chi connectivity index (χ3v) is 4.11. The Hall–Kier alpha value is -2.28. The lowest BCUT2D eigenvalue weighted by atomic mass is 9.61. The Kier molecular flexibility index (Phi) is 3.68. The van der Waals surface area contributed by atoms with Gasteiger partial charge in [-0.3, -0.25) is 14.8 Å². The molecule has 0 aliphatic heterocycles. The number of carbonyl (C=O) groups excluding carboxylic acids is 1. The summed E-state index contributed by atoms with van der Waals surface area (Å²) in [6.45, 7) is 0. The van der Waals surface area contributed by atoms with E-state index in [1.54, 1.807) is 18.2 Å². The molecular formula is C16H13F3N2O2. The van der Waals surface area contributed by atoms with E-state index in [2.05, 4.69) is 9.97 Å². The lowest BCUT2D eigenvalue weighted by Crippen LogP contribution is -2.47. The molecule has 1 saturated carbocycles. The Bertz CT molecular complexity index is 724. The standard InChI is InChI=1S/C16H13F3N2O2/c17-16(18,19)10-4-6-21-13(7-10)15(8-11(22)9-15)14(23)12-3-1-2-5-20-12/h1-7,14,23H,8-9H2/t14-/m0/s1. The number of hydrogen-bond acceptors (Lipinski definition) is 4. The fourth-order valence-electron chi connectivity index (χ4n) is 2.87. The SMILES string of the molecule is O=C1CC(c2cc(C(F)(F)F)ccn2)([C@@H](O)c2ccccn2)C1. The highest BCUT2D eigenvalue weighted by molar-refractivity contribution is 5.88. The first-order valence-corrected chi connectivity index (χ1v) is 6.97. The summed E-state index contributed by atoms with van der Waals surface area (Å²) in [5.41, 5.74) is -1.65.